The predicted molar refractivity (Wildman–Crippen MR) is 138 cm³/mol. The number of aromatic carboxylic acids is 1. The number of fused-ring (bicyclic) bond motifs is 4. The molecule has 0 atom stereocenters. The van der Waals surface area contributed by atoms with Gasteiger partial charge in [-0.15, -0.1) is 0 Å². The number of ketones is 1. The van der Waals surface area contributed by atoms with Crippen LogP contribution in [0.15, 0.2) is 65.3 Å². The maximum absolute atomic E-state index is 15.1. The third kappa shape index (κ3) is 3.60. The Labute approximate surface area is 214 Å². The van der Waals surface area contributed by atoms with Crippen molar-refractivity contribution in [3.8, 4) is 5.75 Å². The SMILES string of the molecule is COc1ccc2cc(Cn3c(C(=O)O)c(C4=CC=CCC4=O)c4c5occc5c(F)cc43)c(Cl)nc2c1. The molecule has 1 aliphatic rings. The Kier molecular flexibility index (Phi) is 5.35. The van der Waals surface area contributed by atoms with Crippen LogP contribution in [0.5, 0.6) is 5.75 Å². The summed E-state index contributed by atoms with van der Waals surface area (Å²) in [6, 6.07) is 9.89. The number of carbonyl (C=O) groups excluding carboxylic acids is 1. The lowest BCUT2D eigenvalue weighted by Crippen LogP contribution is -2.14. The minimum atomic E-state index is -1.27. The van der Waals surface area contributed by atoms with Gasteiger partial charge in [0.25, 0.3) is 0 Å². The number of methoxy groups -OCH3 is 1. The van der Waals surface area contributed by atoms with Gasteiger partial charge in [0, 0.05) is 34.6 Å². The van der Waals surface area contributed by atoms with Gasteiger partial charge in [0.1, 0.15) is 28.0 Å². The molecule has 0 fully saturated rings. The largest absolute Gasteiger partial charge is 0.497 e. The molecule has 0 saturated carbocycles. The fraction of sp³-hybridized carbons (Fsp3) is 0.107. The Morgan fingerprint density at radius 1 is 1.27 bits per heavy atom. The van der Waals surface area contributed by atoms with E-state index in [9.17, 15) is 14.7 Å². The van der Waals surface area contributed by atoms with Crippen molar-refractivity contribution in [1.29, 1.82) is 0 Å². The summed E-state index contributed by atoms with van der Waals surface area (Å²) in [6.45, 7) is -0.0328. The quantitative estimate of drug-likeness (QED) is 0.272. The summed E-state index contributed by atoms with van der Waals surface area (Å²) in [5, 5.41) is 11.8. The predicted octanol–water partition coefficient (Wildman–Crippen LogP) is 6.40. The fourth-order valence-electron chi connectivity index (χ4n) is 4.89. The molecule has 3 aromatic heterocycles. The monoisotopic (exact) mass is 516 g/mol. The highest BCUT2D eigenvalue weighted by Crippen LogP contribution is 2.40. The number of hydrogen-bond acceptors (Lipinski definition) is 5. The number of pyridine rings is 1. The molecule has 184 valence electrons. The van der Waals surface area contributed by atoms with Crippen molar-refractivity contribution < 1.29 is 28.2 Å². The maximum atomic E-state index is 15.1. The number of allylic oxidation sites excluding steroid dienone is 4. The molecule has 2 aromatic carbocycles. The molecule has 0 unspecified atom stereocenters. The van der Waals surface area contributed by atoms with E-state index < -0.39 is 11.8 Å². The molecule has 5 aromatic rings. The third-order valence-corrected chi connectivity index (χ3v) is 6.90. The Morgan fingerprint density at radius 3 is 2.86 bits per heavy atom. The molecule has 0 saturated heterocycles. The van der Waals surface area contributed by atoms with E-state index in [4.69, 9.17) is 20.8 Å². The molecule has 0 spiro atoms. The number of carboxylic acids is 1. The van der Waals surface area contributed by atoms with Gasteiger partial charge in [-0.1, -0.05) is 29.8 Å². The summed E-state index contributed by atoms with van der Waals surface area (Å²) < 4.78 is 27.5. The Balaban J connectivity index is 1.66. The normalized spacial score (nSPS) is 13.6. The minimum Gasteiger partial charge on any atom is -0.497 e. The number of hydrogen-bond donors (Lipinski definition) is 1. The lowest BCUT2D eigenvalue weighted by molar-refractivity contribution is -0.113. The van der Waals surface area contributed by atoms with Crippen LogP contribution in [-0.4, -0.2) is 33.5 Å². The first-order chi connectivity index (χ1) is 17.9. The van der Waals surface area contributed by atoms with Crippen molar-refractivity contribution in [2.45, 2.75) is 13.0 Å². The van der Waals surface area contributed by atoms with Crippen LogP contribution in [0.1, 0.15) is 28.0 Å². The van der Waals surface area contributed by atoms with E-state index in [1.807, 2.05) is 6.07 Å². The van der Waals surface area contributed by atoms with Crippen molar-refractivity contribution in [3.05, 3.63) is 88.7 Å². The summed E-state index contributed by atoms with van der Waals surface area (Å²) >= 11 is 6.54. The maximum Gasteiger partial charge on any atom is 0.353 e. The first-order valence-corrected chi connectivity index (χ1v) is 11.7. The number of carboxylic acid groups (broad SMARTS) is 1. The van der Waals surface area contributed by atoms with E-state index in [1.165, 1.54) is 23.0 Å². The van der Waals surface area contributed by atoms with Crippen LogP contribution in [-0.2, 0) is 11.3 Å². The van der Waals surface area contributed by atoms with Gasteiger partial charge in [0.15, 0.2) is 5.78 Å². The molecule has 7 nitrogen and oxygen atoms in total. The van der Waals surface area contributed by atoms with Gasteiger partial charge in [0.05, 0.1) is 41.7 Å². The van der Waals surface area contributed by atoms with Crippen LogP contribution in [0.25, 0.3) is 38.3 Å². The number of benzene rings is 2. The Bertz CT molecular complexity index is 1850. The van der Waals surface area contributed by atoms with E-state index in [0.29, 0.717) is 22.2 Å². The second kappa shape index (κ2) is 8.60. The van der Waals surface area contributed by atoms with Crippen LogP contribution in [0, 0.1) is 5.82 Å². The average Bonchev–Trinajstić information content (AvgIpc) is 3.48. The van der Waals surface area contributed by atoms with Gasteiger partial charge < -0.3 is 18.8 Å². The van der Waals surface area contributed by atoms with E-state index in [2.05, 4.69) is 4.98 Å². The van der Waals surface area contributed by atoms with Crippen LogP contribution >= 0.6 is 11.6 Å². The third-order valence-electron chi connectivity index (χ3n) is 6.57. The summed E-state index contributed by atoms with van der Waals surface area (Å²) in [5.41, 5.74) is 1.81. The molecular formula is C28H18ClFN2O5. The summed E-state index contributed by atoms with van der Waals surface area (Å²) in [5.74, 6) is -1.47. The van der Waals surface area contributed by atoms with Crippen molar-refractivity contribution in [2.24, 2.45) is 0 Å². The molecule has 0 bridgehead atoms. The highest BCUT2D eigenvalue weighted by atomic mass is 35.5. The van der Waals surface area contributed by atoms with Crippen LogP contribution in [0.3, 0.4) is 0 Å². The molecular weight excluding hydrogens is 499 g/mol. The summed E-state index contributed by atoms with van der Waals surface area (Å²) in [4.78, 5) is 30.1. The zero-order valence-electron chi connectivity index (χ0n) is 19.4. The van der Waals surface area contributed by atoms with Crippen LogP contribution in [0.2, 0.25) is 5.15 Å². The zero-order valence-corrected chi connectivity index (χ0v) is 20.2. The molecule has 37 heavy (non-hydrogen) atoms. The number of aromatic nitrogens is 2. The molecule has 0 radical (unpaired) electrons. The van der Waals surface area contributed by atoms with Gasteiger partial charge >= 0.3 is 5.97 Å². The van der Waals surface area contributed by atoms with Gasteiger partial charge in [-0.3, -0.25) is 4.79 Å². The lowest BCUT2D eigenvalue weighted by atomic mass is 9.93. The average molecular weight is 517 g/mol. The van der Waals surface area contributed by atoms with Gasteiger partial charge in [-0.05, 0) is 30.3 Å². The number of rotatable bonds is 5. The van der Waals surface area contributed by atoms with Gasteiger partial charge in [-0.25, -0.2) is 14.2 Å². The topological polar surface area (TPSA) is 94.6 Å². The van der Waals surface area contributed by atoms with Crippen molar-refractivity contribution >= 4 is 61.7 Å². The molecule has 6 rings (SSSR count). The van der Waals surface area contributed by atoms with E-state index in [0.717, 1.165) is 5.39 Å². The summed E-state index contributed by atoms with van der Waals surface area (Å²) in [6.07, 6.45) is 6.44. The minimum absolute atomic E-state index is 0.0328. The van der Waals surface area contributed by atoms with Crippen LogP contribution < -0.4 is 4.74 Å². The van der Waals surface area contributed by atoms with E-state index in [1.54, 1.807) is 43.5 Å². The first-order valence-electron chi connectivity index (χ1n) is 11.4. The number of halogens is 2. The molecule has 9 heteroatoms. The summed E-state index contributed by atoms with van der Waals surface area (Å²) in [7, 11) is 1.55. The van der Waals surface area contributed by atoms with Crippen molar-refractivity contribution in [1.82, 2.24) is 9.55 Å². The zero-order chi connectivity index (χ0) is 25.8. The highest BCUT2D eigenvalue weighted by molar-refractivity contribution is 6.31. The lowest BCUT2D eigenvalue weighted by Gasteiger charge is -2.13. The van der Waals surface area contributed by atoms with Crippen LogP contribution in [0.4, 0.5) is 4.39 Å². The fourth-order valence-corrected chi connectivity index (χ4v) is 5.10. The molecule has 0 amide bonds. The first kappa shape index (κ1) is 23.0. The van der Waals surface area contributed by atoms with E-state index in [-0.39, 0.29) is 57.2 Å². The number of furan rings is 1. The molecule has 1 N–H and O–H groups in total. The van der Waals surface area contributed by atoms with Gasteiger partial charge in [-0.2, -0.15) is 0 Å². The Hall–Kier alpha value is -4.43. The van der Waals surface area contributed by atoms with E-state index >= 15 is 4.39 Å². The Morgan fingerprint density at radius 2 is 2.11 bits per heavy atom. The highest BCUT2D eigenvalue weighted by Gasteiger charge is 2.31. The smallest absolute Gasteiger partial charge is 0.353 e. The molecule has 3 heterocycles. The number of carbonyl (C=O) groups is 2. The standard InChI is InChI=1S/C28H18ClFN2O5/c1-36-16-7-6-14-10-15(27(29)31-20(14)11-16)13-32-21-12-19(30)17-8-9-37-26(17)24(21)23(25(32)28(34)35)18-4-2-3-5-22(18)33/h2-4,6-12H,5,13H2,1H3,(H,34,35). The van der Waals surface area contributed by atoms with Crippen molar-refractivity contribution in [3.63, 3.8) is 0 Å². The molecule has 0 aliphatic heterocycles. The van der Waals surface area contributed by atoms with Gasteiger partial charge in [0.2, 0.25) is 0 Å². The van der Waals surface area contributed by atoms with Crippen molar-refractivity contribution in [2.75, 3.05) is 7.11 Å². The second-order valence-electron chi connectivity index (χ2n) is 8.66. The number of Topliss-reactive ketones (excluding diaryl/α,β-unsaturated/α-hetero) is 1. The second-order valence-corrected chi connectivity index (χ2v) is 9.02. The molecule has 1 aliphatic carbocycles. The number of ether oxygens (including phenoxy) is 1. The number of nitrogens with zero attached hydrogens (tertiary/aromatic N) is 2.